The molecule has 0 aliphatic carbocycles. The zero-order chi connectivity index (χ0) is 57.2. The van der Waals surface area contributed by atoms with Crippen LogP contribution in [-0.2, 0) is 99.5 Å². The fourth-order valence-electron chi connectivity index (χ4n) is 7.31. The van der Waals surface area contributed by atoms with Crippen LogP contribution >= 0.6 is 14.5 Å². The van der Waals surface area contributed by atoms with Gasteiger partial charge in [0.2, 0.25) is 0 Å². The minimum absolute atomic E-state index is 0. The Morgan fingerprint density at radius 1 is 0.136 bits per heavy atom. The summed E-state index contributed by atoms with van der Waals surface area (Å²) in [7, 11) is -1.57. The Labute approximate surface area is 505 Å². The molecule has 81 heavy (non-hydrogen) atoms. The molecule has 0 aromatic heterocycles. The highest BCUT2D eigenvalue weighted by atomic mass is 35.5. The highest BCUT2D eigenvalue weighted by Gasteiger charge is 2.31. The van der Waals surface area contributed by atoms with Crippen LogP contribution in [0.15, 0.2) is 0 Å². The first-order valence-corrected chi connectivity index (χ1v) is 35.0. The van der Waals surface area contributed by atoms with Crippen LogP contribution in [0.3, 0.4) is 0 Å². The normalized spacial score (nSPS) is 11.9. The van der Waals surface area contributed by atoms with Crippen LogP contribution in [0.25, 0.3) is 0 Å². The Kier molecular flexibility index (Phi) is 77.4. The molecular weight excluding hydrogens is 1140 g/mol. The molecule has 21 nitrogen and oxygen atoms in total. The Hall–Kier alpha value is 0.600. The standard InChI is InChI=1S/C56H118O21P2.2ClH/c1-7-78(8-2,9-3)55-53-76-51-49-74-47-45-72-43-41-70-39-37-68-35-33-66-31-29-64-27-25-62-23-21-60-19-17-58-15-13-57-14-16-59-18-20-61-22-24-63-26-28-65-30-32-67-34-36-69-38-40-71-42-44-73-46-48-75-50-52-77-54-56-79(10-4,11-5)12-6;;/h7-56H2,1-6H3;2*1H/q+2;;/p-2. The Bertz CT molecular complexity index is 1040. The second-order valence-corrected chi connectivity index (χ2v) is 27.9. The number of ether oxygens (including phenoxy) is 21. The van der Waals surface area contributed by atoms with Crippen molar-refractivity contribution in [2.75, 3.05) is 327 Å². The predicted molar refractivity (Wildman–Crippen MR) is 314 cm³/mol. The SMILES string of the molecule is CC[P+](CC)(CC)CCOCCOCCOCCOCCOCCOCCOCCOCCOCCOCCOCCOCCOCCOCCOCCOCCOCCOCCOCCOCCOCC[P+](CC)(CC)CC.[Cl-].[Cl-]. The molecule has 25 heteroatoms. The van der Waals surface area contributed by atoms with Crippen LogP contribution in [0.4, 0.5) is 0 Å². The van der Waals surface area contributed by atoms with Gasteiger partial charge in [0, 0.05) is 14.5 Å². The van der Waals surface area contributed by atoms with Crippen molar-refractivity contribution in [3.05, 3.63) is 0 Å². The van der Waals surface area contributed by atoms with Gasteiger partial charge in [-0.2, -0.15) is 0 Å². The van der Waals surface area contributed by atoms with Crippen LogP contribution in [0, 0.1) is 0 Å². The highest BCUT2D eigenvalue weighted by Crippen LogP contribution is 2.58. The van der Waals surface area contributed by atoms with Crippen molar-refractivity contribution in [1.82, 2.24) is 0 Å². The van der Waals surface area contributed by atoms with Crippen molar-refractivity contribution in [3.8, 4) is 0 Å². The van der Waals surface area contributed by atoms with Gasteiger partial charge in [-0.3, -0.25) is 0 Å². The summed E-state index contributed by atoms with van der Waals surface area (Å²) in [6.07, 6.45) is 10.3. The molecule has 0 bridgehead atoms. The molecule has 0 radical (unpaired) electrons. The minimum Gasteiger partial charge on any atom is -1.00 e. The lowest BCUT2D eigenvalue weighted by Crippen LogP contribution is -3.00. The van der Waals surface area contributed by atoms with E-state index in [9.17, 15) is 0 Å². The fraction of sp³-hybridized carbons (Fsp3) is 1.00. The molecule has 0 fully saturated rings. The molecule has 492 valence electrons. The van der Waals surface area contributed by atoms with Crippen LogP contribution < -0.4 is 24.8 Å². The van der Waals surface area contributed by atoms with E-state index < -0.39 is 14.5 Å². The van der Waals surface area contributed by atoms with Gasteiger partial charge in [-0.1, -0.05) is 0 Å². The molecule has 0 saturated heterocycles. The van der Waals surface area contributed by atoms with Gasteiger partial charge in [0.15, 0.2) is 0 Å². The smallest absolute Gasteiger partial charge is 0.0827 e. The topological polar surface area (TPSA) is 194 Å². The van der Waals surface area contributed by atoms with E-state index >= 15 is 0 Å². The van der Waals surface area contributed by atoms with E-state index in [1.807, 2.05) is 0 Å². The average Bonchev–Trinajstić information content (AvgIpc) is 3.47. The van der Waals surface area contributed by atoms with Crippen LogP contribution in [-0.4, -0.2) is 327 Å². The van der Waals surface area contributed by atoms with E-state index in [-0.39, 0.29) is 24.8 Å². The van der Waals surface area contributed by atoms with Crippen molar-refractivity contribution < 1.29 is 124 Å². The summed E-state index contributed by atoms with van der Waals surface area (Å²) in [4.78, 5) is 0. The molecule has 0 aromatic carbocycles. The molecule has 0 saturated carbocycles. The second kappa shape index (κ2) is 73.1. The highest BCUT2D eigenvalue weighted by molar-refractivity contribution is 7.76. The van der Waals surface area contributed by atoms with Gasteiger partial charge in [-0.15, -0.1) is 0 Å². The van der Waals surface area contributed by atoms with Crippen molar-refractivity contribution >= 4 is 14.5 Å². The third-order valence-corrected chi connectivity index (χ3v) is 23.2. The maximum absolute atomic E-state index is 5.78. The third kappa shape index (κ3) is 63.4. The molecule has 0 aliphatic heterocycles. The molecule has 0 aliphatic rings. The Balaban J connectivity index is -0.0000304. The van der Waals surface area contributed by atoms with Gasteiger partial charge in [-0.05, 0) is 41.5 Å². The largest absolute Gasteiger partial charge is 1.00 e. The molecule has 0 N–H and O–H groups in total. The zero-order valence-corrected chi connectivity index (χ0v) is 54.9. The first kappa shape index (κ1) is 85.8. The summed E-state index contributed by atoms with van der Waals surface area (Å²) < 4.78 is 117. The van der Waals surface area contributed by atoms with E-state index in [1.54, 1.807) is 0 Å². The quantitative estimate of drug-likeness (QED) is 0.0559. The van der Waals surface area contributed by atoms with Crippen molar-refractivity contribution in [1.29, 1.82) is 0 Å². The Morgan fingerprint density at radius 3 is 0.284 bits per heavy atom. The van der Waals surface area contributed by atoms with Crippen molar-refractivity contribution in [3.63, 3.8) is 0 Å². The van der Waals surface area contributed by atoms with Crippen LogP contribution in [0.1, 0.15) is 41.5 Å². The van der Waals surface area contributed by atoms with Gasteiger partial charge in [0.25, 0.3) is 0 Å². The van der Waals surface area contributed by atoms with Gasteiger partial charge in [0.05, 0.1) is 327 Å². The summed E-state index contributed by atoms with van der Waals surface area (Å²) in [6.45, 7) is 36.5. The Morgan fingerprint density at radius 2 is 0.210 bits per heavy atom. The molecule has 0 spiro atoms. The third-order valence-electron chi connectivity index (χ3n) is 12.9. The molecule has 0 unspecified atom stereocenters. The molecule has 0 atom stereocenters. The second-order valence-electron chi connectivity index (χ2n) is 17.9. The summed E-state index contributed by atoms with van der Waals surface area (Å²) in [6, 6.07) is 0. The van der Waals surface area contributed by atoms with E-state index in [1.165, 1.54) is 49.3 Å². The summed E-state index contributed by atoms with van der Waals surface area (Å²) in [5.74, 6) is 0. The first-order chi connectivity index (χ1) is 39.1. The van der Waals surface area contributed by atoms with Crippen LogP contribution in [0.5, 0.6) is 0 Å². The number of halogens is 2. The van der Waals surface area contributed by atoms with E-state index in [4.69, 9.17) is 99.5 Å². The lowest BCUT2D eigenvalue weighted by Gasteiger charge is -2.23. The van der Waals surface area contributed by atoms with Gasteiger partial charge in [-0.25, -0.2) is 0 Å². The molecular formula is C56H118Cl2O21P2. The molecule has 0 amide bonds. The summed E-state index contributed by atoms with van der Waals surface area (Å²) in [5, 5.41) is 0. The maximum atomic E-state index is 5.78. The van der Waals surface area contributed by atoms with Crippen molar-refractivity contribution in [2.45, 2.75) is 41.5 Å². The van der Waals surface area contributed by atoms with Gasteiger partial charge < -0.3 is 124 Å². The van der Waals surface area contributed by atoms with Gasteiger partial charge in [0.1, 0.15) is 0 Å². The minimum atomic E-state index is -0.785. The monoisotopic (exact) mass is 1260 g/mol. The van der Waals surface area contributed by atoms with E-state index in [2.05, 4.69) is 41.5 Å². The first-order valence-electron chi connectivity index (χ1n) is 29.9. The molecule has 0 heterocycles. The number of hydrogen-bond donors (Lipinski definition) is 0. The lowest BCUT2D eigenvalue weighted by atomic mass is 10.6. The predicted octanol–water partition coefficient (Wildman–Crippen LogP) is -0.502. The summed E-state index contributed by atoms with van der Waals surface area (Å²) >= 11 is 0. The maximum Gasteiger partial charge on any atom is 0.0827 e. The fourth-order valence-corrected chi connectivity index (χ4v) is 12.9. The number of rotatable bonds is 72. The summed E-state index contributed by atoms with van der Waals surface area (Å²) in [5.41, 5.74) is 0. The van der Waals surface area contributed by atoms with E-state index in [0.29, 0.717) is 264 Å². The molecule has 0 aromatic rings. The van der Waals surface area contributed by atoms with E-state index in [0.717, 1.165) is 13.2 Å². The van der Waals surface area contributed by atoms with Crippen LogP contribution in [0.2, 0.25) is 0 Å². The lowest BCUT2D eigenvalue weighted by molar-refractivity contribution is -0.0315. The zero-order valence-electron chi connectivity index (χ0n) is 51.6. The van der Waals surface area contributed by atoms with Gasteiger partial charge >= 0.3 is 0 Å². The molecule has 0 rings (SSSR count). The number of hydrogen-bond acceptors (Lipinski definition) is 21. The van der Waals surface area contributed by atoms with Crippen molar-refractivity contribution in [2.24, 2.45) is 0 Å². The average molecular weight is 1260 g/mol.